The Morgan fingerprint density at radius 3 is 2.81 bits per heavy atom. The lowest BCUT2D eigenvalue weighted by molar-refractivity contribution is -0.116. The minimum Gasteiger partial charge on any atom is -0.385 e. The molecule has 0 atom stereocenters. The van der Waals surface area contributed by atoms with Gasteiger partial charge in [-0.2, -0.15) is 0 Å². The Hall–Kier alpha value is -1.92. The minimum absolute atomic E-state index is 0.0141. The molecule has 0 aliphatic carbocycles. The summed E-state index contributed by atoms with van der Waals surface area (Å²) in [5, 5.41) is 2.94. The Kier molecular flexibility index (Phi) is 6.85. The van der Waals surface area contributed by atoms with Crippen LogP contribution < -0.4 is 5.32 Å². The van der Waals surface area contributed by atoms with E-state index in [0.29, 0.717) is 30.8 Å². The fourth-order valence-electron chi connectivity index (χ4n) is 3.86. The largest absolute Gasteiger partial charge is 0.385 e. The second-order valence-electron chi connectivity index (χ2n) is 7.74. The number of hydrogen-bond acceptors (Lipinski definition) is 4. The number of rotatable bonds is 8. The van der Waals surface area contributed by atoms with Crippen LogP contribution in [-0.4, -0.2) is 53.6 Å². The van der Waals surface area contributed by atoms with Crippen LogP contribution >= 0.6 is 0 Å². The summed E-state index contributed by atoms with van der Waals surface area (Å²) in [7, 11) is 1.68. The van der Waals surface area contributed by atoms with Crippen LogP contribution in [0.3, 0.4) is 0 Å². The number of amides is 1. The molecular weight excluding hydrogens is 340 g/mol. The summed E-state index contributed by atoms with van der Waals surface area (Å²) in [6.45, 7) is 7.48. The quantitative estimate of drug-likeness (QED) is 0.690. The van der Waals surface area contributed by atoms with Gasteiger partial charge in [-0.1, -0.05) is 0 Å². The Morgan fingerprint density at radius 2 is 2.11 bits per heavy atom. The van der Waals surface area contributed by atoms with Gasteiger partial charge in [-0.3, -0.25) is 4.79 Å². The summed E-state index contributed by atoms with van der Waals surface area (Å²) in [6.07, 6.45) is 6.63. The van der Waals surface area contributed by atoms with Crippen molar-refractivity contribution in [1.82, 2.24) is 14.9 Å². The number of carbonyl (C=O) groups is 1. The first-order valence-electron chi connectivity index (χ1n) is 10.1. The number of piperidine rings is 1. The molecule has 1 amide bonds. The molecule has 0 saturated carbocycles. The van der Waals surface area contributed by atoms with Crippen molar-refractivity contribution in [2.24, 2.45) is 0 Å². The van der Waals surface area contributed by atoms with E-state index < -0.39 is 0 Å². The SMILES string of the molecule is COCCCCC(=O)Nc1ccc2[nH]cc(C3CCN(C(C)C)CC3)c2n1. The minimum atomic E-state index is 0.0141. The summed E-state index contributed by atoms with van der Waals surface area (Å²) in [4.78, 5) is 22.8. The number of methoxy groups -OCH3 is 1. The van der Waals surface area contributed by atoms with Crippen molar-refractivity contribution in [3.8, 4) is 0 Å². The molecule has 0 unspecified atom stereocenters. The molecule has 27 heavy (non-hydrogen) atoms. The van der Waals surface area contributed by atoms with Gasteiger partial charge in [-0.05, 0) is 76.2 Å². The van der Waals surface area contributed by atoms with Crippen LogP contribution in [0.15, 0.2) is 18.3 Å². The standard InChI is InChI=1S/C21H32N4O2/c1-15(2)25-11-9-16(10-12-25)17-14-22-18-7-8-19(24-21(17)18)23-20(26)6-4-5-13-27-3/h7-8,14-16,22H,4-6,9-13H2,1-3H3,(H,23,24,26). The number of H-pyrrole nitrogens is 1. The van der Waals surface area contributed by atoms with E-state index in [1.807, 2.05) is 12.1 Å². The van der Waals surface area contributed by atoms with Crippen molar-refractivity contribution in [1.29, 1.82) is 0 Å². The average Bonchev–Trinajstić information content (AvgIpc) is 3.08. The highest BCUT2D eigenvalue weighted by Gasteiger charge is 2.24. The van der Waals surface area contributed by atoms with Gasteiger partial charge in [-0.25, -0.2) is 4.98 Å². The normalized spacial score (nSPS) is 16.3. The van der Waals surface area contributed by atoms with Crippen molar-refractivity contribution in [3.63, 3.8) is 0 Å². The van der Waals surface area contributed by atoms with Crippen LogP contribution in [0.2, 0.25) is 0 Å². The number of nitrogens with zero attached hydrogens (tertiary/aromatic N) is 2. The van der Waals surface area contributed by atoms with Gasteiger partial charge in [0.05, 0.1) is 11.0 Å². The van der Waals surface area contributed by atoms with Crippen LogP contribution in [0.4, 0.5) is 5.82 Å². The van der Waals surface area contributed by atoms with Crippen LogP contribution in [0.5, 0.6) is 0 Å². The molecule has 1 aliphatic rings. The lowest BCUT2D eigenvalue weighted by Gasteiger charge is -2.34. The van der Waals surface area contributed by atoms with E-state index in [9.17, 15) is 4.79 Å². The number of ether oxygens (including phenoxy) is 1. The number of pyridine rings is 1. The molecule has 148 valence electrons. The molecule has 6 nitrogen and oxygen atoms in total. The molecule has 1 fully saturated rings. The van der Waals surface area contributed by atoms with Gasteiger partial charge in [0, 0.05) is 32.4 Å². The Labute approximate surface area is 161 Å². The first kappa shape index (κ1) is 19.8. The first-order chi connectivity index (χ1) is 13.1. The third-order valence-electron chi connectivity index (χ3n) is 5.52. The van der Waals surface area contributed by atoms with Gasteiger partial charge in [0.1, 0.15) is 5.82 Å². The molecule has 2 N–H and O–H groups in total. The van der Waals surface area contributed by atoms with Crippen molar-refractivity contribution in [2.45, 2.75) is 57.9 Å². The molecular formula is C21H32N4O2. The zero-order valence-electron chi connectivity index (χ0n) is 16.8. The summed E-state index contributed by atoms with van der Waals surface area (Å²) in [5.41, 5.74) is 3.31. The van der Waals surface area contributed by atoms with Gasteiger partial charge < -0.3 is 19.9 Å². The Morgan fingerprint density at radius 1 is 1.33 bits per heavy atom. The molecule has 2 aromatic heterocycles. The second-order valence-corrected chi connectivity index (χ2v) is 7.74. The van der Waals surface area contributed by atoms with Gasteiger partial charge in [0.15, 0.2) is 0 Å². The highest BCUT2D eigenvalue weighted by molar-refractivity contribution is 5.91. The molecule has 0 bridgehead atoms. The fraction of sp³-hybridized carbons (Fsp3) is 0.619. The lowest BCUT2D eigenvalue weighted by atomic mass is 9.90. The third kappa shape index (κ3) is 5.08. The number of anilines is 1. The maximum atomic E-state index is 12.1. The predicted molar refractivity (Wildman–Crippen MR) is 109 cm³/mol. The number of aromatic amines is 1. The topological polar surface area (TPSA) is 70.2 Å². The van der Waals surface area contributed by atoms with Crippen LogP contribution in [0, 0.1) is 0 Å². The van der Waals surface area contributed by atoms with Crippen molar-refractivity contribution < 1.29 is 9.53 Å². The van der Waals surface area contributed by atoms with Gasteiger partial charge >= 0.3 is 0 Å². The number of nitrogens with one attached hydrogen (secondary N) is 2. The van der Waals surface area contributed by atoms with E-state index >= 15 is 0 Å². The molecule has 2 aromatic rings. The van der Waals surface area contributed by atoms with Crippen molar-refractivity contribution >= 4 is 22.8 Å². The Balaban J connectivity index is 1.65. The zero-order valence-corrected chi connectivity index (χ0v) is 16.8. The summed E-state index contributed by atoms with van der Waals surface area (Å²) < 4.78 is 5.02. The van der Waals surface area contributed by atoms with Crippen LogP contribution in [-0.2, 0) is 9.53 Å². The highest BCUT2D eigenvalue weighted by Crippen LogP contribution is 2.33. The fourth-order valence-corrected chi connectivity index (χ4v) is 3.86. The van der Waals surface area contributed by atoms with E-state index in [-0.39, 0.29) is 5.91 Å². The second kappa shape index (κ2) is 9.33. The zero-order chi connectivity index (χ0) is 19.2. The molecule has 3 rings (SSSR count). The van der Waals surface area contributed by atoms with Crippen molar-refractivity contribution in [3.05, 3.63) is 23.9 Å². The monoisotopic (exact) mass is 372 g/mol. The lowest BCUT2D eigenvalue weighted by Crippen LogP contribution is -2.37. The number of likely N-dealkylation sites (tertiary alicyclic amines) is 1. The van der Waals surface area contributed by atoms with E-state index in [2.05, 4.69) is 35.2 Å². The molecule has 0 spiro atoms. The number of hydrogen-bond donors (Lipinski definition) is 2. The summed E-state index contributed by atoms with van der Waals surface area (Å²) >= 11 is 0. The van der Waals surface area contributed by atoms with Crippen LogP contribution in [0.1, 0.15) is 57.4 Å². The Bertz CT molecular complexity index is 748. The maximum Gasteiger partial charge on any atom is 0.225 e. The van der Waals surface area contributed by atoms with Gasteiger partial charge in [0.2, 0.25) is 5.91 Å². The van der Waals surface area contributed by atoms with Gasteiger partial charge in [-0.15, -0.1) is 0 Å². The van der Waals surface area contributed by atoms with E-state index in [4.69, 9.17) is 9.72 Å². The number of fused-ring (bicyclic) bond motifs is 1. The summed E-state index contributed by atoms with van der Waals surface area (Å²) in [5.74, 6) is 1.18. The van der Waals surface area contributed by atoms with Gasteiger partial charge in [0.25, 0.3) is 0 Å². The molecule has 0 radical (unpaired) electrons. The maximum absolute atomic E-state index is 12.1. The number of carbonyl (C=O) groups excluding carboxylic acids is 1. The van der Waals surface area contributed by atoms with E-state index in [1.54, 1.807) is 7.11 Å². The number of aromatic nitrogens is 2. The van der Waals surface area contributed by atoms with E-state index in [1.165, 1.54) is 5.56 Å². The summed E-state index contributed by atoms with van der Waals surface area (Å²) in [6, 6.07) is 4.49. The molecule has 6 heteroatoms. The molecule has 1 aliphatic heterocycles. The first-order valence-corrected chi connectivity index (χ1v) is 10.1. The van der Waals surface area contributed by atoms with Crippen molar-refractivity contribution in [2.75, 3.05) is 32.1 Å². The molecule has 3 heterocycles. The number of unbranched alkanes of at least 4 members (excludes halogenated alkanes) is 1. The molecule has 0 aromatic carbocycles. The predicted octanol–water partition coefficient (Wildman–Crippen LogP) is 3.91. The smallest absolute Gasteiger partial charge is 0.225 e. The van der Waals surface area contributed by atoms with Crippen LogP contribution in [0.25, 0.3) is 11.0 Å². The average molecular weight is 373 g/mol. The molecule has 1 saturated heterocycles. The third-order valence-corrected chi connectivity index (χ3v) is 5.52. The highest BCUT2D eigenvalue weighted by atomic mass is 16.5. The van der Waals surface area contributed by atoms with E-state index in [0.717, 1.165) is 49.8 Å².